The first-order valence-electron chi connectivity index (χ1n) is 9.66. The first kappa shape index (κ1) is 23.5. The van der Waals surface area contributed by atoms with Crippen LogP contribution in [0, 0.1) is 0 Å². The van der Waals surface area contributed by atoms with E-state index in [1.807, 2.05) is 0 Å². The van der Waals surface area contributed by atoms with E-state index in [2.05, 4.69) is 5.32 Å². The molecule has 166 valence electrons. The number of carbonyl (C=O) groups is 2. The molecular formula is C23H22ClN3O4S. The predicted octanol–water partition coefficient (Wildman–Crippen LogP) is 3.12. The Morgan fingerprint density at radius 1 is 0.969 bits per heavy atom. The summed E-state index contributed by atoms with van der Waals surface area (Å²) in [6, 6.07) is 19.4. The lowest BCUT2D eigenvalue weighted by Gasteiger charge is -2.29. The number of sulfonamides is 1. The molecule has 0 aliphatic rings. The molecule has 9 heteroatoms. The fraction of sp³-hybridized carbons (Fsp3) is 0.130. The van der Waals surface area contributed by atoms with Crippen molar-refractivity contribution in [2.24, 2.45) is 5.73 Å². The largest absolute Gasteiger partial charge is 0.368 e. The molecule has 3 aromatic rings. The highest BCUT2D eigenvalue weighted by Crippen LogP contribution is 2.30. The highest BCUT2D eigenvalue weighted by molar-refractivity contribution is 7.89. The second-order valence-electron chi connectivity index (χ2n) is 7.00. The molecular weight excluding hydrogens is 450 g/mol. The van der Waals surface area contributed by atoms with Gasteiger partial charge in [0.2, 0.25) is 15.9 Å². The Bertz CT molecular complexity index is 1200. The van der Waals surface area contributed by atoms with Gasteiger partial charge in [-0.05, 0) is 47.5 Å². The number of rotatable bonds is 8. The molecule has 3 aromatic carbocycles. The quantitative estimate of drug-likeness (QED) is 0.526. The van der Waals surface area contributed by atoms with Crippen LogP contribution in [0.15, 0.2) is 83.8 Å². The summed E-state index contributed by atoms with van der Waals surface area (Å²) in [7, 11) is -2.62. The maximum atomic E-state index is 13.6. The van der Waals surface area contributed by atoms with E-state index in [1.54, 1.807) is 54.6 Å². The fourth-order valence-electron chi connectivity index (χ4n) is 3.25. The minimum atomic E-state index is -4.14. The van der Waals surface area contributed by atoms with Gasteiger partial charge in [-0.25, -0.2) is 8.42 Å². The topological polar surface area (TPSA) is 110 Å². The van der Waals surface area contributed by atoms with Crippen molar-refractivity contribution < 1.29 is 18.0 Å². The molecule has 0 bridgehead atoms. The van der Waals surface area contributed by atoms with Gasteiger partial charge in [-0.3, -0.25) is 9.59 Å². The number of amides is 2. The zero-order chi connectivity index (χ0) is 23.3. The third-order valence-corrected chi connectivity index (χ3v) is 6.95. The Morgan fingerprint density at radius 3 is 2.09 bits per heavy atom. The Morgan fingerprint density at radius 2 is 1.56 bits per heavy atom. The molecule has 0 saturated carbocycles. The SMILES string of the molecule is CNC(=O)c1ccc(CN([C@@H](C(N)=O)c2ccccc2)S(=O)(=O)c2ccc(Cl)cc2)cc1. The summed E-state index contributed by atoms with van der Waals surface area (Å²) in [5.41, 5.74) is 7.14. The van der Waals surface area contributed by atoms with Crippen LogP contribution in [0.5, 0.6) is 0 Å². The van der Waals surface area contributed by atoms with Gasteiger partial charge in [-0.1, -0.05) is 54.1 Å². The Hall–Kier alpha value is -3.20. The van der Waals surface area contributed by atoms with Crippen molar-refractivity contribution in [3.63, 3.8) is 0 Å². The Labute approximate surface area is 191 Å². The van der Waals surface area contributed by atoms with Crippen LogP contribution in [0.4, 0.5) is 0 Å². The van der Waals surface area contributed by atoms with Crippen LogP contribution in [0.25, 0.3) is 0 Å². The summed E-state index contributed by atoms with van der Waals surface area (Å²) in [6.07, 6.45) is 0. The van der Waals surface area contributed by atoms with Crippen molar-refractivity contribution in [2.75, 3.05) is 7.05 Å². The summed E-state index contributed by atoms with van der Waals surface area (Å²) >= 11 is 5.92. The van der Waals surface area contributed by atoms with E-state index >= 15 is 0 Å². The van der Waals surface area contributed by atoms with Crippen molar-refractivity contribution in [1.29, 1.82) is 0 Å². The number of nitrogens with two attached hydrogens (primary N) is 1. The standard InChI is InChI=1S/C23H22ClN3O4S/c1-26-23(29)18-9-7-16(8-10-18)15-27(21(22(25)28)17-5-3-2-4-6-17)32(30,31)20-13-11-19(24)12-14-20/h2-14,21H,15H2,1H3,(H2,25,28)(H,26,29)/t21-/m1/s1. The van der Waals surface area contributed by atoms with Crippen LogP contribution in [0.1, 0.15) is 27.5 Å². The maximum absolute atomic E-state index is 13.6. The number of hydrogen-bond acceptors (Lipinski definition) is 4. The smallest absolute Gasteiger partial charge is 0.251 e. The van der Waals surface area contributed by atoms with Crippen molar-refractivity contribution in [1.82, 2.24) is 9.62 Å². The molecule has 0 unspecified atom stereocenters. The van der Waals surface area contributed by atoms with Gasteiger partial charge in [0.25, 0.3) is 5.91 Å². The van der Waals surface area contributed by atoms with Crippen LogP contribution in [0.3, 0.4) is 0 Å². The molecule has 0 aliphatic carbocycles. The molecule has 0 fully saturated rings. The van der Waals surface area contributed by atoms with Gasteiger partial charge in [-0.2, -0.15) is 4.31 Å². The van der Waals surface area contributed by atoms with Crippen molar-refractivity contribution in [3.05, 3.63) is 101 Å². The lowest BCUT2D eigenvalue weighted by molar-refractivity contribution is -0.122. The number of benzene rings is 3. The number of primary amides is 1. The van der Waals surface area contributed by atoms with Crippen LogP contribution in [-0.4, -0.2) is 31.6 Å². The van der Waals surface area contributed by atoms with Gasteiger partial charge >= 0.3 is 0 Å². The van der Waals surface area contributed by atoms with Crippen molar-refractivity contribution in [3.8, 4) is 0 Å². The first-order chi connectivity index (χ1) is 15.2. The number of halogens is 1. The van der Waals surface area contributed by atoms with Gasteiger partial charge in [0.05, 0.1) is 4.90 Å². The molecule has 0 aliphatic heterocycles. The van der Waals surface area contributed by atoms with Gasteiger partial charge in [0, 0.05) is 24.2 Å². The zero-order valence-electron chi connectivity index (χ0n) is 17.2. The fourth-order valence-corrected chi connectivity index (χ4v) is 4.95. The summed E-state index contributed by atoms with van der Waals surface area (Å²) in [4.78, 5) is 24.3. The third-order valence-electron chi connectivity index (χ3n) is 4.87. The van der Waals surface area contributed by atoms with Gasteiger partial charge in [0.1, 0.15) is 6.04 Å². The second kappa shape index (κ2) is 9.95. The Balaban J connectivity index is 2.09. The minimum Gasteiger partial charge on any atom is -0.368 e. The van der Waals surface area contributed by atoms with E-state index in [-0.39, 0.29) is 17.3 Å². The molecule has 7 nitrogen and oxygen atoms in total. The average Bonchev–Trinajstić information content (AvgIpc) is 2.79. The van der Waals surface area contributed by atoms with E-state index < -0.39 is 22.0 Å². The van der Waals surface area contributed by atoms with Crippen LogP contribution in [-0.2, 0) is 21.4 Å². The highest BCUT2D eigenvalue weighted by atomic mass is 35.5. The average molecular weight is 472 g/mol. The number of nitrogens with zero attached hydrogens (tertiary/aromatic N) is 1. The van der Waals surface area contributed by atoms with E-state index in [0.717, 1.165) is 4.31 Å². The van der Waals surface area contributed by atoms with E-state index in [1.165, 1.54) is 31.3 Å². The number of carbonyl (C=O) groups excluding carboxylic acids is 2. The predicted molar refractivity (Wildman–Crippen MR) is 122 cm³/mol. The number of hydrogen-bond donors (Lipinski definition) is 2. The molecule has 3 N–H and O–H groups in total. The van der Waals surface area contributed by atoms with E-state index in [4.69, 9.17) is 17.3 Å². The van der Waals surface area contributed by atoms with Crippen molar-refractivity contribution in [2.45, 2.75) is 17.5 Å². The summed E-state index contributed by atoms with van der Waals surface area (Å²) in [5.74, 6) is -1.07. The highest BCUT2D eigenvalue weighted by Gasteiger charge is 2.36. The summed E-state index contributed by atoms with van der Waals surface area (Å²) in [6.45, 7) is -0.137. The van der Waals surface area contributed by atoms with Crippen LogP contribution in [0.2, 0.25) is 5.02 Å². The second-order valence-corrected chi connectivity index (χ2v) is 9.32. The lowest BCUT2D eigenvalue weighted by atomic mass is 10.1. The molecule has 0 saturated heterocycles. The lowest BCUT2D eigenvalue weighted by Crippen LogP contribution is -2.41. The van der Waals surface area contributed by atoms with Gasteiger partial charge in [-0.15, -0.1) is 0 Å². The Kier molecular flexibility index (Phi) is 7.29. The van der Waals surface area contributed by atoms with Gasteiger partial charge < -0.3 is 11.1 Å². The van der Waals surface area contributed by atoms with E-state index in [9.17, 15) is 18.0 Å². The molecule has 0 heterocycles. The van der Waals surface area contributed by atoms with E-state index in [0.29, 0.717) is 21.7 Å². The third kappa shape index (κ3) is 5.16. The maximum Gasteiger partial charge on any atom is 0.251 e. The molecule has 0 spiro atoms. The molecule has 3 rings (SSSR count). The summed E-state index contributed by atoms with van der Waals surface area (Å²) in [5, 5.41) is 2.91. The molecule has 2 amide bonds. The van der Waals surface area contributed by atoms with Crippen molar-refractivity contribution >= 4 is 33.4 Å². The van der Waals surface area contributed by atoms with Gasteiger partial charge in [0.15, 0.2) is 0 Å². The normalized spacial score (nSPS) is 12.3. The molecule has 0 aromatic heterocycles. The zero-order valence-corrected chi connectivity index (χ0v) is 18.8. The van der Waals surface area contributed by atoms with Crippen LogP contribution >= 0.6 is 11.6 Å². The van der Waals surface area contributed by atoms with Crippen LogP contribution < -0.4 is 11.1 Å². The molecule has 1 atom stereocenters. The molecule has 0 radical (unpaired) electrons. The first-order valence-corrected chi connectivity index (χ1v) is 11.5. The minimum absolute atomic E-state index is 0.0222. The number of nitrogens with one attached hydrogen (secondary N) is 1. The monoisotopic (exact) mass is 471 g/mol. The molecule has 32 heavy (non-hydrogen) atoms. The summed E-state index contributed by atoms with van der Waals surface area (Å²) < 4.78 is 28.3.